The van der Waals surface area contributed by atoms with Gasteiger partial charge in [-0.2, -0.15) is 0 Å². The van der Waals surface area contributed by atoms with Crippen LogP contribution in [0.5, 0.6) is 0 Å². The third kappa shape index (κ3) is 5.35. The van der Waals surface area contributed by atoms with E-state index < -0.39 is 0 Å². The number of amidine groups is 1. The minimum absolute atomic E-state index is 0.484. The maximum Gasteiger partial charge on any atom is 0.183 e. The van der Waals surface area contributed by atoms with Crippen molar-refractivity contribution < 1.29 is 0 Å². The fourth-order valence-corrected chi connectivity index (χ4v) is 5.50. The number of fused-ring (bicyclic) bond motifs is 1. The summed E-state index contributed by atoms with van der Waals surface area (Å²) in [5, 5.41) is 9.02. The molecule has 0 spiro atoms. The summed E-state index contributed by atoms with van der Waals surface area (Å²) in [5.41, 5.74) is 6.15. The summed E-state index contributed by atoms with van der Waals surface area (Å²) in [4.78, 5) is 9.53. The number of aromatic nitrogens is 1. The molecule has 0 fully saturated rings. The van der Waals surface area contributed by atoms with Gasteiger partial charge in [-0.15, -0.1) is 0 Å². The number of rotatable bonds is 8. The SMILES string of the molecule is CCCCC1CSC(Nc2ccc(CCNc3nc4cc(C)c(C)cc4s3)cc2)=N1. The van der Waals surface area contributed by atoms with Crippen LogP contribution in [0.4, 0.5) is 10.8 Å². The van der Waals surface area contributed by atoms with Crippen LogP contribution in [-0.2, 0) is 6.42 Å². The van der Waals surface area contributed by atoms with Gasteiger partial charge in [0.25, 0.3) is 0 Å². The van der Waals surface area contributed by atoms with Crippen molar-refractivity contribution in [3.8, 4) is 0 Å². The Morgan fingerprint density at radius 1 is 1.10 bits per heavy atom. The van der Waals surface area contributed by atoms with Crippen molar-refractivity contribution in [3.63, 3.8) is 0 Å². The van der Waals surface area contributed by atoms with Gasteiger partial charge < -0.3 is 10.6 Å². The minimum Gasteiger partial charge on any atom is -0.361 e. The molecule has 4 rings (SSSR count). The van der Waals surface area contributed by atoms with E-state index in [2.05, 4.69) is 67.8 Å². The number of aryl methyl sites for hydroxylation is 2. The number of thiazole rings is 1. The van der Waals surface area contributed by atoms with Crippen molar-refractivity contribution >= 4 is 49.3 Å². The predicted molar refractivity (Wildman–Crippen MR) is 135 cm³/mol. The molecule has 2 aromatic carbocycles. The quantitative estimate of drug-likeness (QED) is 0.414. The van der Waals surface area contributed by atoms with Gasteiger partial charge in [0.15, 0.2) is 10.3 Å². The maximum absolute atomic E-state index is 4.81. The van der Waals surface area contributed by atoms with E-state index in [1.807, 2.05) is 11.8 Å². The largest absolute Gasteiger partial charge is 0.361 e. The first-order chi connectivity index (χ1) is 14.6. The molecule has 1 aliphatic rings. The molecular formula is C24H30N4S2. The van der Waals surface area contributed by atoms with Crippen LogP contribution in [0.25, 0.3) is 10.2 Å². The van der Waals surface area contributed by atoms with Crippen LogP contribution in [0.2, 0.25) is 0 Å². The second kappa shape index (κ2) is 9.84. The van der Waals surface area contributed by atoms with Gasteiger partial charge in [0, 0.05) is 18.0 Å². The zero-order chi connectivity index (χ0) is 20.9. The number of anilines is 2. The highest BCUT2D eigenvalue weighted by molar-refractivity contribution is 8.14. The number of hydrogen-bond donors (Lipinski definition) is 2. The van der Waals surface area contributed by atoms with E-state index in [9.17, 15) is 0 Å². The van der Waals surface area contributed by atoms with E-state index in [-0.39, 0.29) is 0 Å². The molecule has 0 aliphatic carbocycles. The van der Waals surface area contributed by atoms with Crippen molar-refractivity contribution in [1.29, 1.82) is 0 Å². The molecule has 0 amide bonds. The van der Waals surface area contributed by atoms with E-state index in [1.165, 1.54) is 40.7 Å². The molecule has 6 heteroatoms. The topological polar surface area (TPSA) is 49.3 Å². The Hall–Kier alpha value is -2.05. The molecule has 158 valence electrons. The van der Waals surface area contributed by atoms with Crippen LogP contribution in [0.3, 0.4) is 0 Å². The molecule has 1 aromatic heterocycles. The number of thioether (sulfide) groups is 1. The molecule has 0 radical (unpaired) electrons. The highest BCUT2D eigenvalue weighted by Crippen LogP contribution is 2.28. The Bertz CT molecular complexity index is 985. The van der Waals surface area contributed by atoms with Gasteiger partial charge >= 0.3 is 0 Å². The smallest absolute Gasteiger partial charge is 0.183 e. The Balaban J connectivity index is 1.27. The maximum atomic E-state index is 4.81. The van der Waals surface area contributed by atoms with Crippen LogP contribution in [0.1, 0.15) is 42.9 Å². The van der Waals surface area contributed by atoms with Gasteiger partial charge in [-0.25, -0.2) is 4.98 Å². The molecule has 1 unspecified atom stereocenters. The van der Waals surface area contributed by atoms with Gasteiger partial charge in [-0.3, -0.25) is 4.99 Å². The lowest BCUT2D eigenvalue weighted by molar-refractivity contribution is 0.630. The summed E-state index contributed by atoms with van der Waals surface area (Å²) in [7, 11) is 0. The number of nitrogens with one attached hydrogen (secondary N) is 2. The summed E-state index contributed by atoms with van der Waals surface area (Å²) in [6.45, 7) is 7.42. The molecule has 30 heavy (non-hydrogen) atoms. The minimum atomic E-state index is 0.484. The molecule has 2 heterocycles. The van der Waals surface area contributed by atoms with Crippen molar-refractivity contribution in [2.75, 3.05) is 22.9 Å². The Morgan fingerprint density at radius 2 is 1.90 bits per heavy atom. The zero-order valence-electron chi connectivity index (χ0n) is 18.0. The predicted octanol–water partition coefficient (Wildman–Crippen LogP) is 6.64. The van der Waals surface area contributed by atoms with Crippen molar-refractivity contribution in [3.05, 3.63) is 53.1 Å². The van der Waals surface area contributed by atoms with E-state index in [1.54, 1.807) is 11.3 Å². The Labute approximate surface area is 187 Å². The third-order valence-corrected chi connectivity index (χ3v) is 7.51. The lowest BCUT2D eigenvalue weighted by atomic mass is 10.1. The Kier molecular flexibility index (Phi) is 6.95. The van der Waals surface area contributed by atoms with E-state index in [0.29, 0.717) is 6.04 Å². The van der Waals surface area contributed by atoms with Crippen LogP contribution < -0.4 is 10.6 Å². The number of unbranched alkanes of at least 4 members (excludes halogenated alkanes) is 1. The first-order valence-electron chi connectivity index (χ1n) is 10.8. The molecule has 3 aromatic rings. The first-order valence-corrected chi connectivity index (χ1v) is 12.6. The van der Waals surface area contributed by atoms with Crippen LogP contribution >= 0.6 is 23.1 Å². The monoisotopic (exact) mass is 438 g/mol. The fraction of sp³-hybridized carbons (Fsp3) is 0.417. The van der Waals surface area contributed by atoms with Crippen molar-refractivity contribution in [2.24, 2.45) is 4.99 Å². The number of nitrogens with zero attached hydrogens (tertiary/aromatic N) is 2. The fourth-order valence-electron chi connectivity index (χ4n) is 3.52. The lowest BCUT2D eigenvalue weighted by Gasteiger charge is -2.07. The van der Waals surface area contributed by atoms with E-state index in [4.69, 9.17) is 9.98 Å². The van der Waals surface area contributed by atoms with Gasteiger partial charge in [0.05, 0.1) is 16.3 Å². The van der Waals surface area contributed by atoms with E-state index in [0.717, 1.165) is 40.2 Å². The summed E-state index contributed by atoms with van der Waals surface area (Å²) in [6, 6.07) is 13.6. The van der Waals surface area contributed by atoms with Gasteiger partial charge in [0.1, 0.15) is 0 Å². The van der Waals surface area contributed by atoms with Gasteiger partial charge in [-0.1, -0.05) is 55.0 Å². The van der Waals surface area contributed by atoms with Gasteiger partial charge in [0.2, 0.25) is 0 Å². The molecule has 4 nitrogen and oxygen atoms in total. The molecule has 1 atom stereocenters. The molecule has 0 saturated heterocycles. The van der Waals surface area contributed by atoms with Crippen LogP contribution in [-0.4, -0.2) is 28.5 Å². The number of hydrogen-bond acceptors (Lipinski definition) is 6. The number of aliphatic imine (C=N–C) groups is 1. The highest BCUT2D eigenvalue weighted by atomic mass is 32.2. The number of benzene rings is 2. The normalized spacial score (nSPS) is 16.1. The second-order valence-corrected chi connectivity index (χ2v) is 10.0. The summed E-state index contributed by atoms with van der Waals surface area (Å²) in [5.74, 6) is 1.11. The second-order valence-electron chi connectivity index (χ2n) is 7.96. The first kappa shape index (κ1) is 21.2. The molecule has 0 saturated carbocycles. The third-order valence-electron chi connectivity index (χ3n) is 5.50. The Morgan fingerprint density at radius 3 is 2.70 bits per heavy atom. The van der Waals surface area contributed by atoms with Crippen molar-refractivity contribution in [1.82, 2.24) is 4.98 Å². The van der Waals surface area contributed by atoms with Gasteiger partial charge in [-0.05, 0) is 67.6 Å². The molecular weight excluding hydrogens is 408 g/mol. The average molecular weight is 439 g/mol. The summed E-state index contributed by atoms with van der Waals surface area (Å²) >= 11 is 3.57. The molecule has 0 bridgehead atoms. The molecule has 1 aliphatic heterocycles. The zero-order valence-corrected chi connectivity index (χ0v) is 19.6. The van der Waals surface area contributed by atoms with Crippen molar-refractivity contribution in [2.45, 2.75) is 52.5 Å². The summed E-state index contributed by atoms with van der Waals surface area (Å²) in [6.07, 6.45) is 4.69. The standard InChI is InChI=1S/C24H30N4S2/c1-4-5-6-20-15-29-24(27-20)26-19-9-7-18(8-10-19)11-12-25-23-28-21-13-16(2)17(3)14-22(21)30-23/h7-10,13-14,20H,4-6,11-12,15H2,1-3H3,(H,25,28)(H,26,27). The van der Waals surface area contributed by atoms with Crippen LogP contribution in [0, 0.1) is 13.8 Å². The van der Waals surface area contributed by atoms with E-state index >= 15 is 0 Å². The lowest BCUT2D eigenvalue weighted by Crippen LogP contribution is -2.06. The van der Waals surface area contributed by atoms with Crippen LogP contribution in [0.15, 0.2) is 41.4 Å². The summed E-state index contributed by atoms with van der Waals surface area (Å²) < 4.78 is 1.25. The molecule has 2 N–H and O–H groups in total. The average Bonchev–Trinajstić information content (AvgIpc) is 3.34. The highest BCUT2D eigenvalue weighted by Gasteiger charge is 2.17.